The van der Waals surface area contributed by atoms with Crippen LogP contribution in [0.4, 0.5) is 0 Å². The Bertz CT molecular complexity index is 185. The van der Waals surface area contributed by atoms with E-state index in [1.165, 1.54) is 38.9 Å². The minimum atomic E-state index is 0.387. The fourth-order valence-corrected chi connectivity index (χ4v) is 2.01. The molecule has 1 heterocycles. The van der Waals surface area contributed by atoms with E-state index in [9.17, 15) is 0 Å². The molecule has 0 bridgehead atoms. The van der Waals surface area contributed by atoms with Gasteiger partial charge in [0.25, 0.3) is 0 Å². The predicted molar refractivity (Wildman–Crippen MR) is 67.2 cm³/mol. The normalized spacial score (nSPS) is 23.0. The molecule has 1 aliphatic heterocycles. The first-order valence-corrected chi connectivity index (χ1v) is 6.26. The number of piperidine rings is 1. The van der Waals surface area contributed by atoms with Gasteiger partial charge in [0.1, 0.15) is 0 Å². The monoisotopic (exact) mass is 212 g/mol. The lowest BCUT2D eigenvalue weighted by Crippen LogP contribution is -2.50. The van der Waals surface area contributed by atoms with Gasteiger partial charge in [-0.3, -0.25) is 0 Å². The lowest BCUT2D eigenvalue weighted by Gasteiger charge is -2.40. The summed E-state index contributed by atoms with van der Waals surface area (Å²) in [7, 11) is 2.09. The zero-order valence-corrected chi connectivity index (χ0v) is 11.2. The molecule has 2 nitrogen and oxygen atoms in total. The maximum atomic E-state index is 3.45. The van der Waals surface area contributed by atoms with Crippen molar-refractivity contribution in [1.29, 1.82) is 0 Å². The van der Waals surface area contributed by atoms with Crippen molar-refractivity contribution in [3.63, 3.8) is 0 Å². The number of likely N-dealkylation sites (tertiary alicyclic amines) is 1. The van der Waals surface area contributed by atoms with Crippen molar-refractivity contribution in [2.45, 2.75) is 52.5 Å². The molecule has 0 amide bonds. The maximum absolute atomic E-state index is 3.45. The third kappa shape index (κ3) is 4.52. The second-order valence-electron chi connectivity index (χ2n) is 6.46. The highest BCUT2D eigenvalue weighted by Gasteiger charge is 2.28. The molecule has 1 saturated heterocycles. The number of nitrogens with zero attached hydrogens (tertiary/aromatic N) is 1. The molecule has 15 heavy (non-hydrogen) atoms. The Morgan fingerprint density at radius 3 is 2.13 bits per heavy atom. The van der Waals surface area contributed by atoms with Gasteiger partial charge in [0, 0.05) is 5.54 Å². The first-order valence-electron chi connectivity index (χ1n) is 6.26. The summed E-state index contributed by atoms with van der Waals surface area (Å²) in [5, 5.41) is 3.45. The standard InChI is InChI=1S/C13H28N2/c1-12(2,3)6-9-15-10-7-13(4,14-5)8-11-15/h14H,6-11H2,1-5H3. The predicted octanol–water partition coefficient (Wildman–Crippen LogP) is 2.50. The molecule has 0 spiro atoms. The van der Waals surface area contributed by atoms with Gasteiger partial charge in [0.05, 0.1) is 0 Å². The summed E-state index contributed by atoms with van der Waals surface area (Å²) in [5.74, 6) is 0. The molecule has 0 saturated carbocycles. The molecule has 1 rings (SSSR count). The highest BCUT2D eigenvalue weighted by molar-refractivity contribution is 4.88. The van der Waals surface area contributed by atoms with Crippen LogP contribution in [-0.2, 0) is 0 Å². The summed E-state index contributed by atoms with van der Waals surface area (Å²) in [5.41, 5.74) is 0.863. The van der Waals surface area contributed by atoms with Crippen LogP contribution in [0.1, 0.15) is 47.0 Å². The van der Waals surface area contributed by atoms with Crippen LogP contribution in [0.25, 0.3) is 0 Å². The summed E-state index contributed by atoms with van der Waals surface area (Å²) in [6.07, 6.45) is 3.88. The molecule has 0 aliphatic carbocycles. The van der Waals surface area contributed by atoms with Gasteiger partial charge >= 0.3 is 0 Å². The van der Waals surface area contributed by atoms with E-state index in [0.29, 0.717) is 11.0 Å². The first-order chi connectivity index (χ1) is 6.85. The van der Waals surface area contributed by atoms with E-state index in [1.54, 1.807) is 0 Å². The fourth-order valence-electron chi connectivity index (χ4n) is 2.01. The zero-order valence-electron chi connectivity index (χ0n) is 11.2. The van der Waals surface area contributed by atoms with Crippen LogP contribution in [0.2, 0.25) is 0 Å². The highest BCUT2D eigenvalue weighted by Crippen LogP contribution is 2.24. The van der Waals surface area contributed by atoms with Crippen molar-refractivity contribution in [2.24, 2.45) is 5.41 Å². The molecule has 1 aliphatic rings. The summed E-state index contributed by atoms with van der Waals surface area (Å²) >= 11 is 0. The smallest absolute Gasteiger partial charge is 0.0174 e. The average Bonchev–Trinajstić information content (AvgIpc) is 2.16. The molecule has 1 N–H and O–H groups in total. The number of hydrogen-bond donors (Lipinski definition) is 1. The minimum absolute atomic E-state index is 0.387. The first kappa shape index (κ1) is 13.0. The van der Waals surface area contributed by atoms with Gasteiger partial charge in [-0.1, -0.05) is 20.8 Å². The molecule has 0 aromatic heterocycles. The van der Waals surface area contributed by atoms with Crippen LogP contribution < -0.4 is 5.32 Å². The quantitative estimate of drug-likeness (QED) is 0.773. The van der Waals surface area contributed by atoms with Gasteiger partial charge in [-0.2, -0.15) is 0 Å². The molecular formula is C13H28N2. The lowest BCUT2D eigenvalue weighted by atomic mass is 9.88. The van der Waals surface area contributed by atoms with Crippen LogP contribution in [0.15, 0.2) is 0 Å². The largest absolute Gasteiger partial charge is 0.314 e. The molecule has 0 radical (unpaired) electrons. The van der Waals surface area contributed by atoms with E-state index >= 15 is 0 Å². The van der Waals surface area contributed by atoms with Crippen LogP contribution >= 0.6 is 0 Å². The van der Waals surface area contributed by atoms with Gasteiger partial charge in [-0.05, 0) is 58.3 Å². The van der Waals surface area contributed by atoms with E-state index in [1.807, 2.05) is 0 Å². The third-order valence-corrected chi connectivity index (χ3v) is 3.74. The van der Waals surface area contributed by atoms with Gasteiger partial charge in [0.15, 0.2) is 0 Å². The van der Waals surface area contributed by atoms with E-state index in [0.717, 1.165) is 0 Å². The zero-order chi connectivity index (χ0) is 11.5. The molecule has 0 aromatic rings. The van der Waals surface area contributed by atoms with Gasteiger partial charge in [-0.25, -0.2) is 0 Å². The molecule has 1 fully saturated rings. The molecule has 0 aromatic carbocycles. The summed E-state index contributed by atoms with van der Waals surface area (Å²) < 4.78 is 0. The van der Waals surface area contributed by atoms with E-state index in [2.05, 4.69) is 45.0 Å². The van der Waals surface area contributed by atoms with Gasteiger partial charge in [-0.15, -0.1) is 0 Å². The summed E-state index contributed by atoms with van der Waals surface area (Å²) in [6, 6.07) is 0. The Balaban J connectivity index is 2.26. The Morgan fingerprint density at radius 1 is 1.20 bits per heavy atom. The molecule has 0 atom stereocenters. The Labute approximate surface area is 95.4 Å². The van der Waals surface area contributed by atoms with Crippen molar-refractivity contribution in [3.8, 4) is 0 Å². The maximum Gasteiger partial charge on any atom is 0.0174 e. The second-order valence-corrected chi connectivity index (χ2v) is 6.46. The van der Waals surface area contributed by atoms with Gasteiger partial charge in [0.2, 0.25) is 0 Å². The van der Waals surface area contributed by atoms with E-state index in [4.69, 9.17) is 0 Å². The topological polar surface area (TPSA) is 15.3 Å². The molecule has 0 unspecified atom stereocenters. The van der Waals surface area contributed by atoms with Crippen molar-refractivity contribution >= 4 is 0 Å². The van der Waals surface area contributed by atoms with Crippen molar-refractivity contribution in [1.82, 2.24) is 10.2 Å². The summed E-state index contributed by atoms with van der Waals surface area (Å²) in [6.45, 7) is 13.1. The number of rotatable bonds is 3. The third-order valence-electron chi connectivity index (χ3n) is 3.74. The second kappa shape index (κ2) is 4.84. The SMILES string of the molecule is CNC1(C)CCN(CCC(C)(C)C)CC1. The van der Waals surface area contributed by atoms with Crippen LogP contribution in [-0.4, -0.2) is 37.1 Å². The number of hydrogen-bond acceptors (Lipinski definition) is 2. The van der Waals surface area contributed by atoms with Crippen LogP contribution in [0, 0.1) is 5.41 Å². The Morgan fingerprint density at radius 2 is 1.73 bits per heavy atom. The average molecular weight is 212 g/mol. The Hall–Kier alpha value is -0.0800. The van der Waals surface area contributed by atoms with Crippen molar-refractivity contribution < 1.29 is 0 Å². The molecular weight excluding hydrogens is 184 g/mol. The summed E-state index contributed by atoms with van der Waals surface area (Å²) in [4.78, 5) is 2.62. The highest BCUT2D eigenvalue weighted by atomic mass is 15.1. The van der Waals surface area contributed by atoms with Crippen molar-refractivity contribution in [2.75, 3.05) is 26.7 Å². The fraction of sp³-hybridized carbons (Fsp3) is 1.00. The number of nitrogens with one attached hydrogen (secondary N) is 1. The van der Waals surface area contributed by atoms with E-state index < -0.39 is 0 Å². The van der Waals surface area contributed by atoms with Crippen LogP contribution in [0.3, 0.4) is 0 Å². The van der Waals surface area contributed by atoms with Crippen molar-refractivity contribution in [3.05, 3.63) is 0 Å². The van der Waals surface area contributed by atoms with E-state index in [-0.39, 0.29) is 0 Å². The molecule has 90 valence electrons. The molecule has 2 heteroatoms. The Kier molecular flexibility index (Phi) is 4.19. The lowest BCUT2D eigenvalue weighted by molar-refractivity contribution is 0.138. The van der Waals surface area contributed by atoms with Gasteiger partial charge < -0.3 is 10.2 Å². The van der Waals surface area contributed by atoms with Crippen LogP contribution in [0.5, 0.6) is 0 Å². The minimum Gasteiger partial charge on any atom is -0.314 e.